The van der Waals surface area contributed by atoms with E-state index in [2.05, 4.69) is 56.7 Å². The maximum absolute atomic E-state index is 5.70. The van der Waals surface area contributed by atoms with E-state index in [0.29, 0.717) is 5.92 Å². The lowest BCUT2D eigenvalue weighted by molar-refractivity contribution is 0.173. The first-order chi connectivity index (χ1) is 9.88. The van der Waals surface area contributed by atoms with E-state index in [1.807, 2.05) is 6.20 Å². The zero-order valence-electron chi connectivity index (χ0n) is 13.3. The van der Waals surface area contributed by atoms with E-state index in [1.54, 1.807) is 0 Å². The number of aromatic nitrogens is 2. The lowest BCUT2D eigenvalue weighted by Gasteiger charge is -2.14. The highest BCUT2D eigenvalue weighted by Crippen LogP contribution is 2.45. The van der Waals surface area contributed by atoms with Gasteiger partial charge in [-0.05, 0) is 12.0 Å². The molecule has 114 valence electrons. The molecule has 1 N–H and O–H groups in total. The van der Waals surface area contributed by atoms with Gasteiger partial charge in [0.1, 0.15) is 5.82 Å². The smallest absolute Gasteiger partial charge is 0.231 e. The summed E-state index contributed by atoms with van der Waals surface area (Å²) in [5.74, 6) is 3.07. The normalized spacial score (nSPS) is 14.0. The van der Waals surface area contributed by atoms with E-state index in [0.717, 1.165) is 28.6 Å². The van der Waals surface area contributed by atoms with E-state index < -0.39 is 0 Å². The summed E-state index contributed by atoms with van der Waals surface area (Å²) in [6, 6.07) is 4.20. The molecule has 1 aliphatic heterocycles. The molecule has 1 aromatic carbocycles. The van der Waals surface area contributed by atoms with Crippen LogP contribution in [0, 0.1) is 0 Å². The number of fused-ring (bicyclic) bond motifs is 1. The fraction of sp³-hybridized carbons (Fsp3) is 0.471. The highest BCUT2D eigenvalue weighted by molar-refractivity contribution is 5.73. The highest BCUT2D eigenvalue weighted by atomic mass is 16.7. The van der Waals surface area contributed by atoms with Crippen molar-refractivity contribution in [2.45, 2.75) is 46.0 Å². The van der Waals surface area contributed by atoms with Crippen LogP contribution in [0.3, 0.4) is 0 Å². The van der Waals surface area contributed by atoms with E-state index >= 15 is 0 Å². The summed E-state index contributed by atoms with van der Waals surface area (Å²) in [4.78, 5) is 7.90. The average Bonchev–Trinajstić information content (AvgIpc) is 3.05. The lowest BCUT2D eigenvalue weighted by atomic mass is 9.96. The number of hydrogen-bond acceptors (Lipinski definition) is 3. The van der Waals surface area contributed by atoms with Gasteiger partial charge in [0.15, 0.2) is 11.5 Å². The molecule has 0 spiro atoms. The second-order valence-corrected chi connectivity index (χ2v) is 6.82. The van der Waals surface area contributed by atoms with Crippen LogP contribution in [0.25, 0.3) is 11.3 Å². The van der Waals surface area contributed by atoms with Gasteiger partial charge in [0.05, 0.1) is 11.9 Å². The largest absolute Gasteiger partial charge is 0.453 e. The minimum Gasteiger partial charge on any atom is -0.453 e. The number of H-pyrrole nitrogens is 1. The van der Waals surface area contributed by atoms with Crippen molar-refractivity contribution in [3.05, 3.63) is 29.7 Å². The van der Waals surface area contributed by atoms with Crippen LogP contribution < -0.4 is 9.47 Å². The van der Waals surface area contributed by atoms with Gasteiger partial charge in [-0.2, -0.15) is 0 Å². The molecule has 0 saturated heterocycles. The van der Waals surface area contributed by atoms with E-state index in [1.165, 1.54) is 5.56 Å². The van der Waals surface area contributed by atoms with Gasteiger partial charge in [0, 0.05) is 18.0 Å². The molecule has 0 amide bonds. The quantitative estimate of drug-likeness (QED) is 0.886. The van der Waals surface area contributed by atoms with Gasteiger partial charge in [-0.3, -0.25) is 0 Å². The highest BCUT2D eigenvalue weighted by Gasteiger charge is 2.25. The monoisotopic (exact) mass is 288 g/mol. The van der Waals surface area contributed by atoms with Crippen molar-refractivity contribution in [3.8, 4) is 22.8 Å². The minimum absolute atomic E-state index is 0. The Kier molecular flexibility index (Phi) is 3.19. The van der Waals surface area contributed by atoms with Crippen LogP contribution in [-0.2, 0) is 5.41 Å². The molecule has 0 atom stereocenters. The maximum Gasteiger partial charge on any atom is 0.231 e. The Bertz CT molecular complexity index is 672. The molecule has 0 radical (unpaired) electrons. The molecule has 3 rings (SSSR count). The van der Waals surface area contributed by atoms with Crippen molar-refractivity contribution in [3.63, 3.8) is 0 Å². The Morgan fingerprint density at radius 3 is 2.52 bits per heavy atom. The minimum atomic E-state index is -0.00332. The molecular formula is C17H24N2O2. The zero-order valence-corrected chi connectivity index (χ0v) is 13.3. The zero-order chi connectivity index (χ0) is 15.2. The molecule has 0 saturated carbocycles. The summed E-state index contributed by atoms with van der Waals surface area (Å²) in [7, 11) is 0. The Hall–Kier alpha value is -1.97. The Labute approximate surface area is 127 Å². The standard InChI is InChI=1S/C17H22N2O2.H2/c1-10(2)11-6-7-12(15-14(11)20-9-21-15)13-8-18-16(19-13)17(3,4)5;/h6-8,10H,9H2,1-5H3,(H,18,19);1H. The van der Waals surface area contributed by atoms with Crippen molar-refractivity contribution in [2.24, 2.45) is 0 Å². The van der Waals surface area contributed by atoms with Crippen LogP contribution in [-0.4, -0.2) is 16.8 Å². The average molecular weight is 288 g/mol. The maximum atomic E-state index is 5.70. The molecule has 0 aliphatic carbocycles. The van der Waals surface area contributed by atoms with Crippen LogP contribution in [0.15, 0.2) is 18.3 Å². The van der Waals surface area contributed by atoms with Crippen molar-refractivity contribution in [2.75, 3.05) is 6.79 Å². The fourth-order valence-electron chi connectivity index (χ4n) is 2.52. The van der Waals surface area contributed by atoms with Crippen molar-refractivity contribution in [1.29, 1.82) is 0 Å². The summed E-state index contributed by atoms with van der Waals surface area (Å²) in [6.07, 6.45) is 1.87. The molecular weight excluding hydrogens is 264 g/mol. The van der Waals surface area contributed by atoms with Gasteiger partial charge in [0.25, 0.3) is 0 Å². The molecule has 4 heteroatoms. The number of imidazole rings is 1. The number of benzene rings is 1. The molecule has 0 unspecified atom stereocenters. The second kappa shape index (κ2) is 4.79. The summed E-state index contributed by atoms with van der Waals surface area (Å²) in [5.41, 5.74) is 3.16. The molecule has 1 aliphatic rings. The predicted molar refractivity (Wildman–Crippen MR) is 85.0 cm³/mol. The third-order valence-corrected chi connectivity index (χ3v) is 3.75. The van der Waals surface area contributed by atoms with E-state index in [9.17, 15) is 0 Å². The van der Waals surface area contributed by atoms with Gasteiger partial charge in [-0.1, -0.05) is 40.7 Å². The first-order valence-electron chi connectivity index (χ1n) is 7.36. The number of nitrogens with one attached hydrogen (secondary N) is 1. The number of ether oxygens (including phenoxy) is 2. The summed E-state index contributed by atoms with van der Waals surface area (Å²) in [5, 5.41) is 0. The molecule has 21 heavy (non-hydrogen) atoms. The van der Waals surface area contributed by atoms with E-state index in [4.69, 9.17) is 9.47 Å². The van der Waals surface area contributed by atoms with Gasteiger partial charge in [0.2, 0.25) is 6.79 Å². The summed E-state index contributed by atoms with van der Waals surface area (Å²) in [6.45, 7) is 11.0. The summed E-state index contributed by atoms with van der Waals surface area (Å²) < 4.78 is 11.4. The second-order valence-electron chi connectivity index (χ2n) is 6.82. The topological polar surface area (TPSA) is 47.1 Å². The number of aromatic amines is 1. The van der Waals surface area contributed by atoms with Crippen LogP contribution >= 0.6 is 0 Å². The predicted octanol–water partition coefficient (Wildman–Crippen LogP) is 4.47. The van der Waals surface area contributed by atoms with Gasteiger partial charge in [-0.25, -0.2) is 4.98 Å². The Balaban J connectivity index is 0.00000176. The number of rotatable bonds is 2. The molecule has 2 aromatic rings. The number of nitrogens with zero attached hydrogens (tertiary/aromatic N) is 1. The molecule has 0 bridgehead atoms. The van der Waals surface area contributed by atoms with Gasteiger partial charge < -0.3 is 14.5 Å². The van der Waals surface area contributed by atoms with Crippen LogP contribution in [0.5, 0.6) is 11.5 Å². The summed E-state index contributed by atoms with van der Waals surface area (Å²) >= 11 is 0. The van der Waals surface area contributed by atoms with Crippen LogP contribution in [0.4, 0.5) is 0 Å². The van der Waals surface area contributed by atoms with E-state index in [-0.39, 0.29) is 13.6 Å². The SMILES string of the molecule is CC(C)c1ccc(-c2cnc(C(C)(C)C)[nH]2)c2c1OCO2.[HH]. The van der Waals surface area contributed by atoms with Gasteiger partial charge in [-0.15, -0.1) is 0 Å². The van der Waals surface area contributed by atoms with Crippen LogP contribution in [0.2, 0.25) is 0 Å². The molecule has 4 nitrogen and oxygen atoms in total. The number of hydrogen-bond donors (Lipinski definition) is 1. The van der Waals surface area contributed by atoms with Crippen molar-refractivity contribution in [1.82, 2.24) is 9.97 Å². The van der Waals surface area contributed by atoms with Crippen molar-refractivity contribution < 1.29 is 10.9 Å². The first kappa shape index (κ1) is 14.0. The third-order valence-electron chi connectivity index (χ3n) is 3.75. The molecule has 0 fully saturated rings. The van der Waals surface area contributed by atoms with Gasteiger partial charge >= 0.3 is 0 Å². The molecule has 1 aromatic heterocycles. The van der Waals surface area contributed by atoms with Crippen molar-refractivity contribution >= 4 is 0 Å². The van der Waals surface area contributed by atoms with Crippen LogP contribution in [0.1, 0.15) is 53.4 Å². The molecule has 2 heterocycles. The Morgan fingerprint density at radius 2 is 1.90 bits per heavy atom. The Morgan fingerprint density at radius 1 is 1.19 bits per heavy atom. The fourth-order valence-corrected chi connectivity index (χ4v) is 2.52. The lowest BCUT2D eigenvalue weighted by Crippen LogP contribution is -2.13. The first-order valence-corrected chi connectivity index (χ1v) is 7.36. The third kappa shape index (κ3) is 2.39.